The van der Waals surface area contributed by atoms with Gasteiger partial charge in [0.2, 0.25) is 0 Å². The fraction of sp³-hybridized carbons (Fsp3) is 1.00. The fourth-order valence-electron chi connectivity index (χ4n) is 3.04. The van der Waals surface area contributed by atoms with E-state index in [1.54, 1.807) is 0 Å². The molecule has 1 aliphatic rings. The van der Waals surface area contributed by atoms with Gasteiger partial charge in [0.05, 0.1) is 12.2 Å². The third kappa shape index (κ3) is 9.49. The Morgan fingerprint density at radius 1 is 1.08 bits per heavy atom. The topological polar surface area (TPSA) is 40.2 Å². The van der Waals surface area contributed by atoms with Gasteiger partial charge in [0.15, 0.2) is 0 Å². The monoisotopic (exact) mass is 375 g/mol. The summed E-state index contributed by atoms with van der Waals surface area (Å²) in [6.45, 7) is 16.1. The SMILES string of the molecule is CCCO[Si]1(OCCC)CCCN(CCCOC(C)C)CC(CC)O1. The number of ether oxygens (including phenoxy) is 1. The van der Waals surface area contributed by atoms with Gasteiger partial charge in [-0.1, -0.05) is 20.8 Å². The highest BCUT2D eigenvalue weighted by molar-refractivity contribution is 6.60. The molecular weight excluding hydrogens is 334 g/mol. The van der Waals surface area contributed by atoms with Crippen molar-refractivity contribution < 1.29 is 18.0 Å². The molecule has 1 rings (SSSR count). The predicted molar refractivity (Wildman–Crippen MR) is 105 cm³/mol. The van der Waals surface area contributed by atoms with Crippen LogP contribution in [0.1, 0.15) is 66.7 Å². The molecule has 0 aromatic carbocycles. The van der Waals surface area contributed by atoms with Gasteiger partial charge in [-0.3, -0.25) is 0 Å². The third-order valence-electron chi connectivity index (χ3n) is 4.34. The highest BCUT2D eigenvalue weighted by Gasteiger charge is 2.44. The van der Waals surface area contributed by atoms with Crippen LogP contribution < -0.4 is 0 Å². The Hall–Kier alpha value is 0.0169. The average molecular weight is 376 g/mol. The van der Waals surface area contributed by atoms with Gasteiger partial charge >= 0.3 is 8.80 Å². The quantitative estimate of drug-likeness (QED) is 0.379. The van der Waals surface area contributed by atoms with Crippen LogP contribution in [0.25, 0.3) is 0 Å². The van der Waals surface area contributed by atoms with Crippen molar-refractivity contribution in [1.82, 2.24) is 4.90 Å². The largest absolute Gasteiger partial charge is 0.501 e. The van der Waals surface area contributed by atoms with E-state index in [-0.39, 0.29) is 6.10 Å². The molecule has 1 unspecified atom stereocenters. The van der Waals surface area contributed by atoms with Crippen LogP contribution in [0.2, 0.25) is 6.04 Å². The van der Waals surface area contributed by atoms with Gasteiger partial charge in [-0.2, -0.15) is 0 Å². The van der Waals surface area contributed by atoms with E-state index in [0.29, 0.717) is 6.10 Å². The summed E-state index contributed by atoms with van der Waals surface area (Å²) in [4.78, 5) is 2.52. The first-order valence-corrected chi connectivity index (χ1v) is 12.3. The molecule has 25 heavy (non-hydrogen) atoms. The molecule has 150 valence electrons. The molecule has 0 saturated carbocycles. The Balaban J connectivity index is 2.58. The molecule has 0 amide bonds. The van der Waals surface area contributed by atoms with E-state index in [4.69, 9.17) is 18.0 Å². The van der Waals surface area contributed by atoms with Crippen LogP contribution in [0.4, 0.5) is 0 Å². The van der Waals surface area contributed by atoms with Gasteiger partial charge in [0.25, 0.3) is 0 Å². The molecule has 0 bridgehead atoms. The number of nitrogens with zero attached hydrogens (tertiary/aromatic N) is 1. The Kier molecular flexibility index (Phi) is 12.2. The van der Waals surface area contributed by atoms with Gasteiger partial charge in [0, 0.05) is 39.0 Å². The number of hydrogen-bond acceptors (Lipinski definition) is 5. The van der Waals surface area contributed by atoms with Gasteiger partial charge in [0.1, 0.15) is 0 Å². The van der Waals surface area contributed by atoms with Crippen LogP contribution in [-0.4, -0.2) is 65.4 Å². The summed E-state index contributed by atoms with van der Waals surface area (Å²) in [5, 5.41) is 0. The Morgan fingerprint density at radius 3 is 2.32 bits per heavy atom. The molecule has 0 aromatic rings. The smallest absolute Gasteiger partial charge is 0.379 e. The van der Waals surface area contributed by atoms with E-state index in [2.05, 4.69) is 39.5 Å². The van der Waals surface area contributed by atoms with Crippen molar-refractivity contribution in [2.45, 2.75) is 85.0 Å². The zero-order chi connectivity index (χ0) is 18.5. The van der Waals surface area contributed by atoms with Crippen LogP contribution in [0.3, 0.4) is 0 Å². The molecular formula is C19H41NO4Si. The molecule has 1 fully saturated rings. The lowest BCUT2D eigenvalue weighted by Gasteiger charge is -2.38. The molecule has 0 radical (unpaired) electrons. The van der Waals surface area contributed by atoms with E-state index < -0.39 is 8.80 Å². The minimum Gasteiger partial charge on any atom is -0.379 e. The zero-order valence-corrected chi connectivity index (χ0v) is 18.2. The number of hydrogen-bond donors (Lipinski definition) is 0. The lowest BCUT2D eigenvalue weighted by molar-refractivity contribution is 0.000844. The molecule has 0 N–H and O–H groups in total. The van der Waals surface area contributed by atoms with Crippen molar-refractivity contribution in [3.8, 4) is 0 Å². The summed E-state index contributed by atoms with van der Waals surface area (Å²) in [7, 11) is -2.53. The van der Waals surface area contributed by atoms with Crippen LogP contribution in [0.15, 0.2) is 0 Å². The first kappa shape index (κ1) is 23.1. The lowest BCUT2D eigenvalue weighted by atomic mass is 10.2. The maximum absolute atomic E-state index is 6.53. The average Bonchev–Trinajstić information content (AvgIpc) is 2.58. The van der Waals surface area contributed by atoms with Gasteiger partial charge in [-0.25, -0.2) is 0 Å². The maximum atomic E-state index is 6.53. The van der Waals surface area contributed by atoms with Gasteiger partial charge in [-0.05, 0) is 52.5 Å². The van der Waals surface area contributed by atoms with Crippen LogP contribution in [-0.2, 0) is 18.0 Å². The summed E-state index contributed by atoms with van der Waals surface area (Å²) in [6.07, 6.45) is 5.69. The molecule has 1 heterocycles. The van der Waals surface area contributed by atoms with Gasteiger partial charge in [-0.15, -0.1) is 0 Å². The highest BCUT2D eigenvalue weighted by atomic mass is 28.4. The Labute approximate surface area is 156 Å². The molecule has 0 spiro atoms. The van der Waals surface area contributed by atoms with Crippen molar-refractivity contribution in [2.75, 3.05) is 39.5 Å². The summed E-state index contributed by atoms with van der Waals surface area (Å²) < 4.78 is 24.6. The molecule has 5 nitrogen and oxygen atoms in total. The van der Waals surface area contributed by atoms with E-state index in [1.165, 1.54) is 0 Å². The van der Waals surface area contributed by atoms with E-state index in [1.807, 2.05) is 0 Å². The van der Waals surface area contributed by atoms with E-state index >= 15 is 0 Å². The highest BCUT2D eigenvalue weighted by Crippen LogP contribution is 2.25. The second kappa shape index (κ2) is 13.2. The van der Waals surface area contributed by atoms with Crippen molar-refractivity contribution >= 4 is 8.80 Å². The minimum atomic E-state index is -2.53. The molecule has 1 aliphatic heterocycles. The lowest BCUT2D eigenvalue weighted by Crippen LogP contribution is -2.53. The van der Waals surface area contributed by atoms with E-state index in [0.717, 1.165) is 77.6 Å². The summed E-state index contributed by atoms with van der Waals surface area (Å²) in [6, 6.07) is 0.933. The molecule has 6 heteroatoms. The van der Waals surface area contributed by atoms with Crippen LogP contribution in [0, 0.1) is 0 Å². The predicted octanol–water partition coefficient (Wildman–Crippen LogP) is 4.09. The summed E-state index contributed by atoms with van der Waals surface area (Å²) in [5.41, 5.74) is 0. The van der Waals surface area contributed by atoms with Crippen LogP contribution in [0.5, 0.6) is 0 Å². The second-order valence-corrected chi connectivity index (χ2v) is 9.88. The summed E-state index contributed by atoms with van der Waals surface area (Å²) in [5.74, 6) is 0. The molecule has 0 aromatic heterocycles. The maximum Gasteiger partial charge on any atom is 0.501 e. The second-order valence-electron chi connectivity index (χ2n) is 7.21. The number of rotatable bonds is 12. The minimum absolute atomic E-state index is 0.201. The Morgan fingerprint density at radius 2 is 1.76 bits per heavy atom. The van der Waals surface area contributed by atoms with Crippen molar-refractivity contribution in [2.24, 2.45) is 0 Å². The van der Waals surface area contributed by atoms with Crippen LogP contribution >= 0.6 is 0 Å². The summed E-state index contributed by atoms with van der Waals surface area (Å²) >= 11 is 0. The molecule has 1 saturated heterocycles. The molecule has 0 aliphatic carbocycles. The van der Waals surface area contributed by atoms with Crippen molar-refractivity contribution in [1.29, 1.82) is 0 Å². The standard InChI is InChI=1S/C19H41NO4Si/c1-6-13-22-25(23-14-7-2)16-10-12-20(17-19(8-3)24-25)11-9-15-21-18(4)5/h18-19H,6-17H2,1-5H3. The normalized spacial score (nSPS) is 22.1. The first-order valence-electron chi connectivity index (χ1n) is 10.3. The first-order chi connectivity index (χ1) is 12.0. The third-order valence-corrected chi connectivity index (χ3v) is 7.29. The van der Waals surface area contributed by atoms with E-state index in [9.17, 15) is 0 Å². The Bertz CT molecular complexity index is 323. The van der Waals surface area contributed by atoms with Crippen molar-refractivity contribution in [3.63, 3.8) is 0 Å². The zero-order valence-electron chi connectivity index (χ0n) is 17.2. The fourth-order valence-corrected chi connectivity index (χ4v) is 6.04. The molecule has 1 atom stereocenters. The van der Waals surface area contributed by atoms with Crippen molar-refractivity contribution in [3.05, 3.63) is 0 Å². The van der Waals surface area contributed by atoms with Gasteiger partial charge < -0.3 is 22.9 Å².